The molecule has 0 radical (unpaired) electrons. The average Bonchev–Trinajstić information content (AvgIpc) is 2.31. The number of nitrogens with zero attached hydrogens (tertiary/aromatic N) is 3. The standard InChI is InChI=1S/C13H22N4O2/c1-19-9-12-15-11(14)8-13(16-12)17(6-3-7-18)10-4-2-5-10/h8,10,18H,2-7,9H2,1H3,(H2,14,15,16). The molecule has 1 aliphatic carbocycles. The van der Waals surface area contributed by atoms with E-state index in [0.29, 0.717) is 24.3 Å². The number of rotatable bonds is 7. The van der Waals surface area contributed by atoms with E-state index < -0.39 is 0 Å². The Kier molecular flexibility index (Phi) is 4.93. The first kappa shape index (κ1) is 14.0. The zero-order valence-corrected chi connectivity index (χ0v) is 11.4. The lowest BCUT2D eigenvalue weighted by molar-refractivity contribution is 0.178. The van der Waals surface area contributed by atoms with Crippen LogP contribution in [0, 0.1) is 0 Å². The molecular formula is C13H22N4O2. The van der Waals surface area contributed by atoms with Crippen LogP contribution in [-0.4, -0.2) is 41.4 Å². The van der Waals surface area contributed by atoms with Crippen molar-refractivity contribution in [3.05, 3.63) is 11.9 Å². The summed E-state index contributed by atoms with van der Waals surface area (Å²) >= 11 is 0. The Labute approximate surface area is 113 Å². The van der Waals surface area contributed by atoms with Gasteiger partial charge >= 0.3 is 0 Å². The van der Waals surface area contributed by atoms with Crippen LogP contribution in [0.3, 0.4) is 0 Å². The van der Waals surface area contributed by atoms with Crippen LogP contribution >= 0.6 is 0 Å². The fourth-order valence-corrected chi connectivity index (χ4v) is 2.27. The van der Waals surface area contributed by atoms with Crippen molar-refractivity contribution in [2.24, 2.45) is 0 Å². The van der Waals surface area contributed by atoms with Crippen LogP contribution in [0.15, 0.2) is 6.07 Å². The number of ether oxygens (including phenoxy) is 1. The highest BCUT2D eigenvalue weighted by atomic mass is 16.5. The van der Waals surface area contributed by atoms with Crippen LogP contribution in [0.4, 0.5) is 11.6 Å². The van der Waals surface area contributed by atoms with E-state index in [9.17, 15) is 0 Å². The van der Waals surface area contributed by atoms with E-state index in [1.165, 1.54) is 19.3 Å². The van der Waals surface area contributed by atoms with Gasteiger partial charge in [0, 0.05) is 32.4 Å². The van der Waals surface area contributed by atoms with Crippen LogP contribution in [0.25, 0.3) is 0 Å². The summed E-state index contributed by atoms with van der Waals surface area (Å²) in [7, 11) is 1.61. The van der Waals surface area contributed by atoms with E-state index in [0.717, 1.165) is 18.8 Å². The predicted octanol–water partition coefficient (Wildman–Crippen LogP) is 0.947. The Balaban J connectivity index is 2.18. The summed E-state index contributed by atoms with van der Waals surface area (Å²) in [6.07, 6.45) is 4.34. The van der Waals surface area contributed by atoms with Crippen molar-refractivity contribution in [3.8, 4) is 0 Å². The van der Waals surface area contributed by atoms with Gasteiger partial charge in [-0.05, 0) is 25.7 Å². The maximum absolute atomic E-state index is 9.02. The van der Waals surface area contributed by atoms with Crippen molar-refractivity contribution in [2.45, 2.75) is 38.3 Å². The Morgan fingerprint density at radius 2 is 2.26 bits per heavy atom. The number of aromatic nitrogens is 2. The average molecular weight is 266 g/mol. The van der Waals surface area contributed by atoms with Gasteiger partial charge in [-0.25, -0.2) is 9.97 Å². The first-order valence-corrected chi connectivity index (χ1v) is 6.74. The normalized spacial score (nSPS) is 15.3. The quantitative estimate of drug-likeness (QED) is 0.764. The van der Waals surface area contributed by atoms with Gasteiger partial charge in [-0.15, -0.1) is 0 Å². The summed E-state index contributed by atoms with van der Waals surface area (Å²) in [4.78, 5) is 10.9. The van der Waals surface area contributed by atoms with Gasteiger partial charge in [0.25, 0.3) is 0 Å². The number of aliphatic hydroxyl groups excluding tert-OH is 1. The van der Waals surface area contributed by atoms with Crippen molar-refractivity contribution >= 4 is 11.6 Å². The van der Waals surface area contributed by atoms with E-state index in [2.05, 4.69) is 14.9 Å². The lowest BCUT2D eigenvalue weighted by Gasteiger charge is -2.38. The number of hydrogen-bond donors (Lipinski definition) is 2. The Bertz CT molecular complexity index is 410. The number of anilines is 2. The lowest BCUT2D eigenvalue weighted by Crippen LogP contribution is -2.41. The SMILES string of the molecule is COCc1nc(N)cc(N(CCCO)C2CCC2)n1. The van der Waals surface area contributed by atoms with E-state index in [1.807, 2.05) is 0 Å². The fraction of sp³-hybridized carbons (Fsp3) is 0.692. The molecule has 3 N–H and O–H groups in total. The molecule has 2 rings (SSSR count). The molecule has 1 heterocycles. The second kappa shape index (κ2) is 6.68. The minimum Gasteiger partial charge on any atom is -0.396 e. The number of aliphatic hydroxyl groups is 1. The van der Waals surface area contributed by atoms with Crippen LogP contribution in [0.2, 0.25) is 0 Å². The third kappa shape index (κ3) is 3.54. The smallest absolute Gasteiger partial charge is 0.158 e. The molecule has 1 aromatic heterocycles. The van der Waals surface area contributed by atoms with Crippen molar-refractivity contribution < 1.29 is 9.84 Å². The topological polar surface area (TPSA) is 84.5 Å². The molecule has 1 saturated carbocycles. The highest BCUT2D eigenvalue weighted by molar-refractivity contribution is 5.48. The molecular weight excluding hydrogens is 244 g/mol. The molecule has 0 atom stereocenters. The van der Waals surface area contributed by atoms with E-state index in [1.54, 1.807) is 13.2 Å². The molecule has 0 saturated heterocycles. The molecule has 0 bridgehead atoms. The van der Waals surface area contributed by atoms with Crippen molar-refractivity contribution in [1.29, 1.82) is 0 Å². The van der Waals surface area contributed by atoms with Crippen molar-refractivity contribution in [1.82, 2.24) is 9.97 Å². The van der Waals surface area contributed by atoms with Gasteiger partial charge in [0.05, 0.1) is 0 Å². The monoisotopic (exact) mass is 266 g/mol. The van der Waals surface area contributed by atoms with Crippen molar-refractivity contribution in [2.75, 3.05) is 30.9 Å². The predicted molar refractivity (Wildman–Crippen MR) is 73.8 cm³/mol. The zero-order valence-electron chi connectivity index (χ0n) is 11.4. The lowest BCUT2D eigenvalue weighted by atomic mass is 9.91. The van der Waals surface area contributed by atoms with Gasteiger partial charge in [-0.2, -0.15) is 0 Å². The van der Waals surface area contributed by atoms with Gasteiger partial charge < -0.3 is 20.5 Å². The summed E-state index contributed by atoms with van der Waals surface area (Å²) in [5.41, 5.74) is 5.83. The first-order valence-electron chi connectivity index (χ1n) is 6.74. The van der Waals surface area contributed by atoms with Crippen molar-refractivity contribution in [3.63, 3.8) is 0 Å². The molecule has 106 valence electrons. The number of methoxy groups -OCH3 is 1. The van der Waals surface area contributed by atoms with E-state index in [4.69, 9.17) is 15.6 Å². The second-order valence-electron chi connectivity index (χ2n) is 4.86. The minimum atomic E-state index is 0.189. The van der Waals surface area contributed by atoms with Crippen LogP contribution in [0.1, 0.15) is 31.5 Å². The third-order valence-electron chi connectivity index (χ3n) is 3.42. The molecule has 1 aliphatic rings. The molecule has 1 aromatic rings. The molecule has 1 fully saturated rings. The number of nitrogen functional groups attached to an aromatic ring is 1. The summed E-state index contributed by atoms with van der Waals surface area (Å²) < 4.78 is 5.06. The highest BCUT2D eigenvalue weighted by Crippen LogP contribution is 2.29. The maximum atomic E-state index is 9.02. The largest absolute Gasteiger partial charge is 0.396 e. The van der Waals surface area contributed by atoms with E-state index >= 15 is 0 Å². The maximum Gasteiger partial charge on any atom is 0.158 e. The molecule has 0 aliphatic heterocycles. The molecule has 0 aromatic carbocycles. The van der Waals surface area contributed by atoms with Gasteiger partial charge in [0.1, 0.15) is 18.2 Å². The zero-order chi connectivity index (χ0) is 13.7. The Hall–Kier alpha value is -1.40. The second-order valence-corrected chi connectivity index (χ2v) is 4.86. The van der Waals surface area contributed by atoms with Gasteiger partial charge in [-0.1, -0.05) is 0 Å². The van der Waals surface area contributed by atoms with Gasteiger partial charge in [-0.3, -0.25) is 0 Å². The third-order valence-corrected chi connectivity index (χ3v) is 3.42. The van der Waals surface area contributed by atoms with E-state index in [-0.39, 0.29) is 6.61 Å². The summed E-state index contributed by atoms with van der Waals surface area (Å²) in [5, 5.41) is 9.02. The minimum absolute atomic E-state index is 0.189. The Morgan fingerprint density at radius 3 is 2.84 bits per heavy atom. The first-order chi connectivity index (χ1) is 9.24. The fourth-order valence-electron chi connectivity index (χ4n) is 2.27. The molecule has 0 amide bonds. The number of nitrogens with two attached hydrogens (primary N) is 1. The molecule has 0 spiro atoms. The molecule has 6 nitrogen and oxygen atoms in total. The molecule has 6 heteroatoms. The van der Waals surface area contributed by atoms with Crippen LogP contribution in [0.5, 0.6) is 0 Å². The van der Waals surface area contributed by atoms with Crippen LogP contribution < -0.4 is 10.6 Å². The number of hydrogen-bond acceptors (Lipinski definition) is 6. The summed E-state index contributed by atoms with van der Waals surface area (Å²) in [5.74, 6) is 1.91. The highest BCUT2D eigenvalue weighted by Gasteiger charge is 2.26. The Morgan fingerprint density at radius 1 is 1.47 bits per heavy atom. The summed E-state index contributed by atoms with van der Waals surface area (Å²) in [6, 6.07) is 2.31. The summed E-state index contributed by atoms with van der Waals surface area (Å²) in [6.45, 7) is 1.34. The van der Waals surface area contributed by atoms with Gasteiger partial charge in [0.15, 0.2) is 5.82 Å². The van der Waals surface area contributed by atoms with Crippen LogP contribution in [-0.2, 0) is 11.3 Å². The molecule has 0 unspecified atom stereocenters. The van der Waals surface area contributed by atoms with Gasteiger partial charge in [0.2, 0.25) is 0 Å². The molecule has 19 heavy (non-hydrogen) atoms.